The highest BCUT2D eigenvalue weighted by atomic mass is 32.1. The van der Waals surface area contributed by atoms with Gasteiger partial charge in [0.25, 0.3) is 5.91 Å². The number of rotatable bonds is 4. The van der Waals surface area contributed by atoms with Crippen LogP contribution in [0.25, 0.3) is 0 Å². The Morgan fingerprint density at radius 3 is 2.68 bits per heavy atom. The van der Waals surface area contributed by atoms with E-state index in [0.29, 0.717) is 17.7 Å². The molecule has 96 valence electrons. The van der Waals surface area contributed by atoms with E-state index in [-0.39, 0.29) is 5.91 Å². The van der Waals surface area contributed by atoms with E-state index in [4.69, 9.17) is 5.26 Å². The molecule has 2 N–H and O–H groups in total. The van der Waals surface area contributed by atoms with Gasteiger partial charge in [0.2, 0.25) is 0 Å². The summed E-state index contributed by atoms with van der Waals surface area (Å²) in [6.07, 6.45) is 0. The van der Waals surface area contributed by atoms with Crippen molar-refractivity contribution < 1.29 is 4.79 Å². The monoisotopic (exact) mass is 271 g/mol. The minimum atomic E-state index is -0.0940. The van der Waals surface area contributed by atoms with Crippen molar-refractivity contribution in [2.45, 2.75) is 6.54 Å². The quantitative estimate of drug-likeness (QED) is 0.898. The van der Waals surface area contributed by atoms with E-state index in [1.54, 1.807) is 30.5 Å². The fraction of sp³-hybridized carbons (Fsp3) is 0.143. The van der Waals surface area contributed by atoms with Crippen LogP contribution in [0.4, 0.5) is 5.69 Å². The van der Waals surface area contributed by atoms with Gasteiger partial charge < -0.3 is 10.6 Å². The number of carbonyl (C=O) groups excluding carboxylic acids is 1. The number of nitrogens with zero attached hydrogens (tertiary/aromatic N) is 1. The molecule has 2 rings (SSSR count). The van der Waals surface area contributed by atoms with E-state index >= 15 is 0 Å². The molecule has 0 spiro atoms. The second kappa shape index (κ2) is 6.03. The van der Waals surface area contributed by atoms with Gasteiger partial charge in [0, 0.05) is 35.1 Å². The van der Waals surface area contributed by atoms with Crippen molar-refractivity contribution >= 4 is 22.9 Å². The lowest BCUT2D eigenvalue weighted by Crippen LogP contribution is -2.17. The Bertz CT molecular complexity index is 610. The first kappa shape index (κ1) is 13.1. The second-order valence-corrected chi connectivity index (χ2v) is 4.92. The van der Waals surface area contributed by atoms with Crippen molar-refractivity contribution in [3.8, 4) is 6.07 Å². The van der Waals surface area contributed by atoms with Crippen LogP contribution in [0.15, 0.2) is 35.7 Å². The third-order valence-electron chi connectivity index (χ3n) is 2.62. The number of hydrogen-bond donors (Lipinski definition) is 2. The van der Waals surface area contributed by atoms with Crippen LogP contribution >= 0.6 is 11.3 Å². The molecule has 0 aliphatic carbocycles. The van der Waals surface area contributed by atoms with Crippen molar-refractivity contribution in [1.29, 1.82) is 5.26 Å². The molecule has 1 aromatic heterocycles. The molecule has 0 saturated carbocycles. The highest BCUT2D eigenvalue weighted by Crippen LogP contribution is 2.16. The van der Waals surface area contributed by atoms with E-state index in [9.17, 15) is 4.79 Å². The first-order chi connectivity index (χ1) is 9.22. The van der Waals surface area contributed by atoms with Crippen molar-refractivity contribution in [3.63, 3.8) is 0 Å². The molecular formula is C14H13N3OS. The summed E-state index contributed by atoms with van der Waals surface area (Å²) in [5.74, 6) is -0.0940. The smallest absolute Gasteiger partial charge is 0.251 e. The highest BCUT2D eigenvalue weighted by molar-refractivity contribution is 7.10. The van der Waals surface area contributed by atoms with Crippen LogP contribution in [-0.2, 0) is 6.54 Å². The molecule has 1 amide bonds. The Hall–Kier alpha value is -2.32. The van der Waals surface area contributed by atoms with Gasteiger partial charge in [0.1, 0.15) is 6.07 Å². The molecule has 2 aromatic rings. The SMILES string of the molecule is CNC(=O)c1ccc(NCc2cc(C#N)cs2)cc1. The van der Waals surface area contributed by atoms with E-state index < -0.39 is 0 Å². The van der Waals surface area contributed by atoms with Crippen LogP contribution in [0, 0.1) is 11.3 Å². The molecule has 0 bridgehead atoms. The molecule has 1 heterocycles. The Balaban J connectivity index is 1.96. The standard InChI is InChI=1S/C14H13N3OS/c1-16-14(18)11-2-4-12(5-3-11)17-8-13-6-10(7-15)9-19-13/h2-6,9,17H,8H2,1H3,(H,16,18). The predicted molar refractivity (Wildman–Crippen MR) is 76.2 cm³/mol. The zero-order valence-corrected chi connectivity index (χ0v) is 11.3. The zero-order chi connectivity index (χ0) is 13.7. The van der Waals surface area contributed by atoms with Crippen molar-refractivity contribution in [3.05, 3.63) is 51.7 Å². The number of thiophene rings is 1. The summed E-state index contributed by atoms with van der Waals surface area (Å²) in [5, 5.41) is 16.4. The molecule has 4 nitrogen and oxygen atoms in total. The Morgan fingerprint density at radius 2 is 2.11 bits per heavy atom. The second-order valence-electron chi connectivity index (χ2n) is 3.92. The van der Waals surface area contributed by atoms with Gasteiger partial charge in [0.15, 0.2) is 0 Å². The van der Waals surface area contributed by atoms with E-state index in [0.717, 1.165) is 10.6 Å². The number of anilines is 1. The molecule has 0 saturated heterocycles. The summed E-state index contributed by atoms with van der Waals surface area (Å²) in [7, 11) is 1.61. The summed E-state index contributed by atoms with van der Waals surface area (Å²) >= 11 is 1.56. The summed E-state index contributed by atoms with van der Waals surface area (Å²) in [6.45, 7) is 0.672. The third-order valence-corrected chi connectivity index (χ3v) is 3.56. The van der Waals surface area contributed by atoms with Gasteiger partial charge in [-0.3, -0.25) is 4.79 Å². The van der Waals surface area contributed by atoms with Crippen LogP contribution in [0.2, 0.25) is 0 Å². The largest absolute Gasteiger partial charge is 0.380 e. The summed E-state index contributed by atoms with van der Waals surface area (Å²) in [6, 6.07) is 11.3. The molecule has 0 unspecified atom stereocenters. The zero-order valence-electron chi connectivity index (χ0n) is 10.4. The summed E-state index contributed by atoms with van der Waals surface area (Å²) < 4.78 is 0. The number of benzene rings is 1. The molecule has 1 aromatic carbocycles. The Morgan fingerprint density at radius 1 is 1.37 bits per heavy atom. The van der Waals surface area contributed by atoms with Gasteiger partial charge in [-0.05, 0) is 30.3 Å². The number of hydrogen-bond acceptors (Lipinski definition) is 4. The molecule has 0 aliphatic heterocycles. The van der Waals surface area contributed by atoms with Crippen molar-refractivity contribution in [1.82, 2.24) is 5.32 Å². The highest BCUT2D eigenvalue weighted by Gasteiger charge is 2.03. The summed E-state index contributed by atoms with van der Waals surface area (Å²) in [5.41, 5.74) is 2.27. The van der Waals surface area contributed by atoms with Gasteiger partial charge in [-0.25, -0.2) is 0 Å². The fourth-order valence-electron chi connectivity index (χ4n) is 1.60. The van der Waals surface area contributed by atoms with Gasteiger partial charge >= 0.3 is 0 Å². The van der Waals surface area contributed by atoms with E-state index in [1.807, 2.05) is 23.6 Å². The number of carbonyl (C=O) groups is 1. The number of amides is 1. The first-order valence-electron chi connectivity index (χ1n) is 5.76. The first-order valence-corrected chi connectivity index (χ1v) is 6.64. The minimum Gasteiger partial charge on any atom is -0.380 e. The van der Waals surface area contributed by atoms with Gasteiger partial charge in [-0.2, -0.15) is 5.26 Å². The lowest BCUT2D eigenvalue weighted by atomic mass is 10.2. The molecular weight excluding hydrogens is 258 g/mol. The van der Waals surface area contributed by atoms with Crippen LogP contribution in [0.1, 0.15) is 20.8 Å². The normalized spacial score (nSPS) is 9.68. The number of nitrogens with one attached hydrogen (secondary N) is 2. The molecule has 5 heteroatoms. The van der Waals surface area contributed by atoms with Gasteiger partial charge in [-0.15, -0.1) is 11.3 Å². The van der Waals surface area contributed by atoms with Crippen LogP contribution < -0.4 is 10.6 Å². The lowest BCUT2D eigenvalue weighted by Gasteiger charge is -2.05. The maximum absolute atomic E-state index is 11.4. The maximum Gasteiger partial charge on any atom is 0.251 e. The fourth-order valence-corrected chi connectivity index (χ4v) is 2.35. The molecule has 0 radical (unpaired) electrons. The van der Waals surface area contributed by atoms with Crippen LogP contribution in [-0.4, -0.2) is 13.0 Å². The minimum absolute atomic E-state index is 0.0940. The topological polar surface area (TPSA) is 64.9 Å². The Labute approximate surface area is 115 Å². The molecule has 0 atom stereocenters. The van der Waals surface area contributed by atoms with Gasteiger partial charge in [-0.1, -0.05) is 0 Å². The predicted octanol–water partition coefficient (Wildman–Crippen LogP) is 2.59. The van der Waals surface area contributed by atoms with Crippen LogP contribution in [0.5, 0.6) is 0 Å². The average Bonchev–Trinajstić information content (AvgIpc) is 2.93. The lowest BCUT2D eigenvalue weighted by molar-refractivity contribution is 0.0963. The van der Waals surface area contributed by atoms with E-state index in [2.05, 4.69) is 16.7 Å². The van der Waals surface area contributed by atoms with Crippen molar-refractivity contribution in [2.75, 3.05) is 12.4 Å². The van der Waals surface area contributed by atoms with Crippen LogP contribution in [0.3, 0.4) is 0 Å². The molecule has 0 fully saturated rings. The summed E-state index contributed by atoms with van der Waals surface area (Å²) in [4.78, 5) is 12.5. The maximum atomic E-state index is 11.4. The third kappa shape index (κ3) is 3.33. The van der Waals surface area contributed by atoms with Crippen molar-refractivity contribution in [2.24, 2.45) is 0 Å². The Kier molecular flexibility index (Phi) is 4.16. The van der Waals surface area contributed by atoms with Gasteiger partial charge in [0.05, 0.1) is 5.56 Å². The molecule has 19 heavy (non-hydrogen) atoms. The average molecular weight is 271 g/mol. The van der Waals surface area contributed by atoms with E-state index in [1.165, 1.54) is 0 Å². The molecule has 0 aliphatic rings. The number of nitriles is 1.